The molecule has 1 N–H and O–H groups in total. The van der Waals surface area contributed by atoms with Crippen LogP contribution < -0.4 is 5.32 Å². The largest absolute Gasteiger partial charge is 0.305 e. The maximum Gasteiger partial charge on any atom is 0.194 e. The van der Waals surface area contributed by atoms with Crippen molar-refractivity contribution in [2.75, 3.05) is 0 Å². The lowest BCUT2D eigenvalue weighted by Gasteiger charge is -2.03. The first-order valence-electron chi connectivity index (χ1n) is 5.76. The summed E-state index contributed by atoms with van der Waals surface area (Å²) >= 11 is 3.36. The van der Waals surface area contributed by atoms with E-state index in [-0.39, 0.29) is 0 Å². The van der Waals surface area contributed by atoms with Crippen LogP contribution in [0.2, 0.25) is 0 Å². The number of aryl methyl sites for hydroxylation is 2. The summed E-state index contributed by atoms with van der Waals surface area (Å²) in [7, 11) is 0. The molecule has 0 spiro atoms. The minimum Gasteiger partial charge on any atom is -0.305 e. The van der Waals surface area contributed by atoms with Crippen molar-refractivity contribution in [2.45, 2.75) is 26.9 Å². The summed E-state index contributed by atoms with van der Waals surface area (Å²) in [6.45, 7) is 5.80. The van der Waals surface area contributed by atoms with Crippen molar-refractivity contribution in [1.82, 2.24) is 19.7 Å². The number of hydrogen-bond donors (Lipinski definition) is 1. The van der Waals surface area contributed by atoms with E-state index in [2.05, 4.69) is 45.1 Å². The minimum absolute atomic E-state index is 0.805. The van der Waals surface area contributed by atoms with Crippen LogP contribution in [0.3, 0.4) is 0 Å². The summed E-state index contributed by atoms with van der Waals surface area (Å²) in [4.78, 5) is 11.2. The van der Waals surface area contributed by atoms with Gasteiger partial charge in [0.1, 0.15) is 0 Å². The summed E-state index contributed by atoms with van der Waals surface area (Å²) in [5.74, 6) is 0. The lowest BCUT2D eigenvalue weighted by Crippen LogP contribution is -2.14. The Hall–Kier alpha value is -1.24. The topological polar surface area (TPSA) is 42.2 Å². The van der Waals surface area contributed by atoms with Gasteiger partial charge in [-0.15, -0.1) is 22.7 Å². The zero-order chi connectivity index (χ0) is 12.5. The number of thiazole rings is 2. The van der Waals surface area contributed by atoms with E-state index in [1.165, 1.54) is 10.6 Å². The van der Waals surface area contributed by atoms with Gasteiger partial charge >= 0.3 is 0 Å². The van der Waals surface area contributed by atoms with Gasteiger partial charge in [0.05, 0.1) is 22.6 Å². The molecule has 6 heteroatoms. The second-order valence-electron chi connectivity index (χ2n) is 4.22. The molecule has 3 aromatic rings. The molecule has 3 heterocycles. The third kappa shape index (κ3) is 2.19. The van der Waals surface area contributed by atoms with Gasteiger partial charge in [0.25, 0.3) is 0 Å². The quantitative estimate of drug-likeness (QED) is 0.798. The van der Waals surface area contributed by atoms with Gasteiger partial charge in [-0.2, -0.15) is 0 Å². The Bertz CT molecular complexity index is 651. The van der Waals surface area contributed by atoms with E-state index in [1.54, 1.807) is 22.7 Å². The normalized spacial score (nSPS) is 11.4. The molecule has 18 heavy (non-hydrogen) atoms. The number of aromatic nitrogens is 3. The molecule has 0 atom stereocenters. The van der Waals surface area contributed by atoms with Crippen molar-refractivity contribution in [2.24, 2.45) is 0 Å². The van der Waals surface area contributed by atoms with Crippen molar-refractivity contribution in [3.05, 3.63) is 39.0 Å². The second-order valence-corrected chi connectivity index (χ2v) is 6.15. The van der Waals surface area contributed by atoms with Crippen LogP contribution >= 0.6 is 22.7 Å². The Morgan fingerprint density at radius 2 is 2.22 bits per heavy atom. The molecule has 0 fully saturated rings. The standard InChI is InChI=1S/C12H14N4S2/c1-8-5-16-11(9(2)15-12(16)18-8)4-13-3-10-6-17-7-14-10/h5-7,13H,3-4H2,1-2H3. The van der Waals surface area contributed by atoms with Crippen LogP contribution in [0.15, 0.2) is 17.1 Å². The van der Waals surface area contributed by atoms with E-state index in [0.717, 1.165) is 29.4 Å². The number of rotatable bonds is 4. The fraction of sp³-hybridized carbons (Fsp3) is 0.333. The Morgan fingerprint density at radius 1 is 1.33 bits per heavy atom. The smallest absolute Gasteiger partial charge is 0.194 e. The molecule has 0 aliphatic carbocycles. The van der Waals surface area contributed by atoms with Crippen LogP contribution in [0.25, 0.3) is 4.96 Å². The van der Waals surface area contributed by atoms with E-state index in [0.29, 0.717) is 0 Å². The van der Waals surface area contributed by atoms with Gasteiger partial charge in [-0.3, -0.25) is 4.40 Å². The lowest BCUT2D eigenvalue weighted by molar-refractivity contribution is 0.663. The third-order valence-electron chi connectivity index (χ3n) is 2.82. The predicted molar refractivity (Wildman–Crippen MR) is 75.2 cm³/mol. The highest BCUT2D eigenvalue weighted by atomic mass is 32.1. The highest BCUT2D eigenvalue weighted by molar-refractivity contribution is 7.17. The van der Waals surface area contributed by atoms with Crippen LogP contribution in [-0.4, -0.2) is 14.4 Å². The van der Waals surface area contributed by atoms with Gasteiger partial charge in [0.15, 0.2) is 4.96 Å². The van der Waals surface area contributed by atoms with Crippen LogP contribution in [0.1, 0.15) is 22.0 Å². The lowest BCUT2D eigenvalue weighted by atomic mass is 10.3. The summed E-state index contributed by atoms with van der Waals surface area (Å²) in [6, 6.07) is 0. The van der Waals surface area contributed by atoms with E-state index in [1.807, 2.05) is 5.51 Å². The maximum atomic E-state index is 4.58. The monoisotopic (exact) mass is 278 g/mol. The van der Waals surface area contributed by atoms with Gasteiger partial charge < -0.3 is 5.32 Å². The average molecular weight is 278 g/mol. The Kier molecular flexibility index (Phi) is 3.15. The molecule has 0 bridgehead atoms. The average Bonchev–Trinajstić information content (AvgIpc) is 2.99. The minimum atomic E-state index is 0.805. The van der Waals surface area contributed by atoms with Crippen LogP contribution in [-0.2, 0) is 13.1 Å². The molecule has 0 aliphatic heterocycles. The summed E-state index contributed by atoms with van der Waals surface area (Å²) in [5, 5.41) is 5.49. The van der Waals surface area contributed by atoms with Crippen LogP contribution in [0.4, 0.5) is 0 Å². The molecular weight excluding hydrogens is 264 g/mol. The van der Waals surface area contributed by atoms with Gasteiger partial charge in [0, 0.05) is 29.5 Å². The van der Waals surface area contributed by atoms with Gasteiger partial charge in [-0.05, 0) is 13.8 Å². The fourth-order valence-electron chi connectivity index (χ4n) is 1.96. The zero-order valence-electron chi connectivity index (χ0n) is 10.3. The first-order valence-corrected chi connectivity index (χ1v) is 7.51. The molecule has 0 aliphatic rings. The first-order chi connectivity index (χ1) is 8.74. The third-order valence-corrected chi connectivity index (χ3v) is 4.36. The number of nitrogens with one attached hydrogen (secondary N) is 1. The molecule has 94 valence electrons. The van der Waals surface area contributed by atoms with Crippen molar-refractivity contribution >= 4 is 27.6 Å². The van der Waals surface area contributed by atoms with Gasteiger partial charge in [0.2, 0.25) is 0 Å². The predicted octanol–water partition coefficient (Wildman–Crippen LogP) is 2.76. The maximum absolute atomic E-state index is 4.58. The van der Waals surface area contributed by atoms with Crippen molar-refractivity contribution < 1.29 is 0 Å². The number of fused-ring (bicyclic) bond motifs is 1. The van der Waals surface area contributed by atoms with Crippen LogP contribution in [0, 0.1) is 13.8 Å². The second kappa shape index (κ2) is 4.79. The molecule has 0 radical (unpaired) electrons. The summed E-state index contributed by atoms with van der Waals surface area (Å²) in [5.41, 5.74) is 5.30. The fourth-order valence-corrected chi connectivity index (χ4v) is 3.40. The Morgan fingerprint density at radius 3 is 3.00 bits per heavy atom. The van der Waals surface area contributed by atoms with E-state index >= 15 is 0 Å². The molecule has 0 unspecified atom stereocenters. The summed E-state index contributed by atoms with van der Waals surface area (Å²) in [6.07, 6.45) is 2.15. The molecule has 4 nitrogen and oxygen atoms in total. The SMILES string of the molecule is Cc1cn2c(CNCc3cscn3)c(C)nc2s1. The number of hydrogen-bond acceptors (Lipinski definition) is 5. The zero-order valence-corrected chi connectivity index (χ0v) is 11.9. The van der Waals surface area contributed by atoms with Crippen LogP contribution in [0.5, 0.6) is 0 Å². The molecule has 3 aromatic heterocycles. The van der Waals surface area contributed by atoms with E-state index < -0.39 is 0 Å². The molecule has 0 aromatic carbocycles. The number of nitrogens with zero attached hydrogens (tertiary/aromatic N) is 3. The van der Waals surface area contributed by atoms with Crippen molar-refractivity contribution in [3.8, 4) is 0 Å². The molecule has 3 rings (SSSR count). The van der Waals surface area contributed by atoms with E-state index in [4.69, 9.17) is 0 Å². The van der Waals surface area contributed by atoms with Crippen molar-refractivity contribution in [1.29, 1.82) is 0 Å². The van der Waals surface area contributed by atoms with Crippen molar-refractivity contribution in [3.63, 3.8) is 0 Å². The highest BCUT2D eigenvalue weighted by Crippen LogP contribution is 2.20. The highest BCUT2D eigenvalue weighted by Gasteiger charge is 2.10. The number of imidazole rings is 1. The van der Waals surface area contributed by atoms with Gasteiger partial charge in [-0.1, -0.05) is 0 Å². The first kappa shape index (κ1) is 11.8. The molecule has 0 saturated heterocycles. The molecule has 0 amide bonds. The molecule has 0 saturated carbocycles. The summed E-state index contributed by atoms with van der Waals surface area (Å²) < 4.78 is 2.18. The Balaban J connectivity index is 1.75. The van der Waals surface area contributed by atoms with Gasteiger partial charge in [-0.25, -0.2) is 9.97 Å². The Labute approximate surface area is 113 Å². The van der Waals surface area contributed by atoms with E-state index in [9.17, 15) is 0 Å². The molecular formula is C12H14N4S2.